The number of aromatic nitrogens is 2. The normalized spacial score (nSPS) is 19.2. The molecule has 0 radical (unpaired) electrons. The van der Waals surface area contributed by atoms with Crippen molar-refractivity contribution in [3.63, 3.8) is 0 Å². The number of rotatable bonds is 5. The van der Waals surface area contributed by atoms with E-state index in [-0.39, 0.29) is 41.0 Å². The zero-order valence-corrected chi connectivity index (χ0v) is 15.2. The number of ketones is 1. The minimum Gasteiger partial charge on any atom is -0.365 e. The maximum Gasteiger partial charge on any atom is 0.282 e. The van der Waals surface area contributed by atoms with Gasteiger partial charge in [0.2, 0.25) is 0 Å². The number of thioether (sulfide) groups is 1. The predicted molar refractivity (Wildman–Crippen MR) is 96.7 cm³/mol. The van der Waals surface area contributed by atoms with Crippen LogP contribution in [0.15, 0.2) is 28.8 Å². The Labute approximate surface area is 158 Å². The van der Waals surface area contributed by atoms with Crippen molar-refractivity contribution in [2.24, 2.45) is 5.92 Å². The van der Waals surface area contributed by atoms with Crippen molar-refractivity contribution in [3.05, 3.63) is 45.8 Å². The number of nitro groups is 1. The summed E-state index contributed by atoms with van der Waals surface area (Å²) >= 11 is 1.04. The number of nitrogens with two attached hydrogens (primary N) is 1. The summed E-state index contributed by atoms with van der Waals surface area (Å²) in [7, 11) is 0. The van der Waals surface area contributed by atoms with Crippen molar-refractivity contribution < 1.29 is 19.0 Å². The molecule has 1 aromatic carbocycles. The SMILES string of the molecule is CC(=O)[C@H]1C[C@@H](c2nc(N)no2)N(C(=O)SCc2ccc([N+](=O)[O-])cc2)C1. The third-order valence-corrected chi connectivity index (χ3v) is 5.32. The maximum absolute atomic E-state index is 12.7. The van der Waals surface area contributed by atoms with Crippen molar-refractivity contribution in [3.8, 4) is 0 Å². The fourth-order valence-corrected chi connectivity index (χ4v) is 3.74. The fraction of sp³-hybridized carbons (Fsp3) is 0.375. The van der Waals surface area contributed by atoms with Crippen LogP contribution in [0.2, 0.25) is 0 Å². The van der Waals surface area contributed by atoms with Gasteiger partial charge in [-0.05, 0) is 24.1 Å². The predicted octanol–water partition coefficient (Wildman–Crippen LogP) is 2.57. The number of anilines is 1. The molecule has 1 aromatic heterocycles. The number of carbonyl (C=O) groups is 2. The number of likely N-dealkylation sites (tertiary alicyclic amines) is 1. The minimum atomic E-state index is -0.499. The van der Waals surface area contributed by atoms with Crippen molar-refractivity contribution >= 4 is 34.4 Å². The van der Waals surface area contributed by atoms with E-state index in [9.17, 15) is 19.7 Å². The molecule has 1 saturated heterocycles. The lowest BCUT2D eigenvalue weighted by Gasteiger charge is -2.21. The highest BCUT2D eigenvalue weighted by molar-refractivity contribution is 8.12. The van der Waals surface area contributed by atoms with Crippen molar-refractivity contribution in [1.29, 1.82) is 0 Å². The Morgan fingerprint density at radius 2 is 2.11 bits per heavy atom. The molecule has 1 aliphatic heterocycles. The van der Waals surface area contributed by atoms with Crippen molar-refractivity contribution in [2.45, 2.75) is 25.1 Å². The number of nitro benzene ring substituents is 1. The molecule has 3 rings (SSSR count). The van der Waals surface area contributed by atoms with Gasteiger partial charge in [0.15, 0.2) is 0 Å². The van der Waals surface area contributed by atoms with E-state index >= 15 is 0 Å². The largest absolute Gasteiger partial charge is 0.365 e. The number of nitrogen functional groups attached to an aromatic ring is 1. The lowest BCUT2D eigenvalue weighted by Crippen LogP contribution is -2.28. The molecule has 0 spiro atoms. The topological polar surface area (TPSA) is 145 Å². The van der Waals surface area contributed by atoms with Gasteiger partial charge >= 0.3 is 0 Å². The Hall–Kier alpha value is -2.95. The van der Waals surface area contributed by atoms with E-state index in [0.717, 1.165) is 17.3 Å². The van der Waals surface area contributed by atoms with E-state index in [1.165, 1.54) is 24.0 Å². The Bertz CT molecular complexity index is 868. The lowest BCUT2D eigenvalue weighted by atomic mass is 10.0. The van der Waals surface area contributed by atoms with Gasteiger partial charge in [0.1, 0.15) is 11.8 Å². The van der Waals surface area contributed by atoms with E-state index in [1.807, 2.05) is 0 Å². The smallest absolute Gasteiger partial charge is 0.282 e. The third kappa shape index (κ3) is 4.25. The van der Waals surface area contributed by atoms with Gasteiger partial charge in [-0.15, -0.1) is 0 Å². The molecule has 1 aliphatic rings. The fourth-order valence-electron chi connectivity index (χ4n) is 2.89. The first kappa shape index (κ1) is 18.8. The molecular weight excluding hydrogens is 374 g/mol. The number of Topliss-reactive ketones (excluding diaryl/α,β-unsaturated/α-hetero) is 1. The van der Waals surface area contributed by atoms with Gasteiger partial charge < -0.3 is 15.2 Å². The molecule has 2 aromatic rings. The molecule has 1 amide bonds. The Balaban J connectivity index is 1.69. The van der Waals surface area contributed by atoms with Crippen molar-refractivity contribution in [2.75, 3.05) is 12.3 Å². The van der Waals surface area contributed by atoms with Crippen LogP contribution in [0.3, 0.4) is 0 Å². The molecule has 11 heteroatoms. The van der Waals surface area contributed by atoms with Crippen LogP contribution >= 0.6 is 11.8 Å². The van der Waals surface area contributed by atoms with E-state index in [2.05, 4.69) is 10.1 Å². The zero-order chi connectivity index (χ0) is 19.6. The zero-order valence-electron chi connectivity index (χ0n) is 14.4. The van der Waals surface area contributed by atoms with Crippen LogP contribution in [0.1, 0.15) is 30.8 Å². The molecule has 2 atom stereocenters. The van der Waals surface area contributed by atoms with Gasteiger partial charge in [-0.2, -0.15) is 4.98 Å². The van der Waals surface area contributed by atoms with E-state index in [0.29, 0.717) is 12.2 Å². The number of carbonyl (C=O) groups excluding carboxylic acids is 2. The second-order valence-electron chi connectivity index (χ2n) is 6.18. The van der Waals surface area contributed by atoms with Crippen molar-refractivity contribution in [1.82, 2.24) is 15.0 Å². The quantitative estimate of drug-likeness (QED) is 0.600. The monoisotopic (exact) mass is 391 g/mol. The summed E-state index contributed by atoms with van der Waals surface area (Å²) in [6.45, 7) is 1.76. The Kier molecular flexibility index (Phi) is 5.40. The summed E-state index contributed by atoms with van der Waals surface area (Å²) < 4.78 is 5.09. The Morgan fingerprint density at radius 3 is 2.67 bits per heavy atom. The minimum absolute atomic E-state index is 0.00651. The molecule has 142 valence electrons. The number of nitrogens with zero attached hydrogens (tertiary/aromatic N) is 4. The van der Waals surface area contributed by atoms with E-state index in [4.69, 9.17) is 10.3 Å². The molecule has 0 unspecified atom stereocenters. The van der Waals surface area contributed by atoms with Crippen LogP contribution in [0.5, 0.6) is 0 Å². The number of benzene rings is 1. The molecule has 0 aliphatic carbocycles. The summed E-state index contributed by atoms with van der Waals surface area (Å²) in [6, 6.07) is 5.51. The van der Waals surface area contributed by atoms with E-state index < -0.39 is 11.0 Å². The summed E-state index contributed by atoms with van der Waals surface area (Å²) in [5.74, 6) is 0.217. The van der Waals surface area contributed by atoms with E-state index in [1.54, 1.807) is 12.1 Å². The summed E-state index contributed by atoms with van der Waals surface area (Å²) in [5.41, 5.74) is 6.26. The van der Waals surface area contributed by atoms with Crippen LogP contribution in [0, 0.1) is 16.0 Å². The van der Waals surface area contributed by atoms with Gasteiger partial charge in [-0.3, -0.25) is 19.7 Å². The van der Waals surface area contributed by atoms with Crippen LogP contribution in [0.25, 0.3) is 0 Å². The second-order valence-corrected chi connectivity index (χ2v) is 7.11. The number of amides is 1. The first-order valence-electron chi connectivity index (χ1n) is 8.11. The summed E-state index contributed by atoms with van der Waals surface area (Å²) in [4.78, 5) is 40.2. The van der Waals surface area contributed by atoms with Gasteiger partial charge in [0.05, 0.1) is 4.92 Å². The van der Waals surface area contributed by atoms with Crippen LogP contribution < -0.4 is 5.73 Å². The molecule has 0 bridgehead atoms. The highest BCUT2D eigenvalue weighted by Crippen LogP contribution is 2.37. The third-order valence-electron chi connectivity index (χ3n) is 4.36. The summed E-state index contributed by atoms with van der Waals surface area (Å²) in [5, 5.41) is 14.0. The first-order valence-corrected chi connectivity index (χ1v) is 9.10. The average molecular weight is 391 g/mol. The first-order chi connectivity index (χ1) is 12.8. The second kappa shape index (κ2) is 7.74. The lowest BCUT2D eigenvalue weighted by molar-refractivity contribution is -0.384. The molecule has 2 N–H and O–H groups in total. The molecule has 27 heavy (non-hydrogen) atoms. The molecule has 1 fully saturated rings. The number of non-ortho nitro benzene ring substituents is 1. The molecule has 2 heterocycles. The average Bonchev–Trinajstić information content (AvgIpc) is 3.26. The van der Waals surface area contributed by atoms with Gasteiger partial charge in [-0.25, -0.2) is 0 Å². The van der Waals surface area contributed by atoms with Crippen LogP contribution in [-0.2, 0) is 10.5 Å². The van der Waals surface area contributed by atoms with Gasteiger partial charge in [-0.1, -0.05) is 23.9 Å². The Morgan fingerprint density at radius 1 is 1.41 bits per heavy atom. The molecular formula is C16H17N5O5S. The summed E-state index contributed by atoms with van der Waals surface area (Å²) in [6.07, 6.45) is 0.404. The van der Waals surface area contributed by atoms with Crippen LogP contribution in [-0.4, -0.2) is 37.5 Å². The highest BCUT2D eigenvalue weighted by Gasteiger charge is 2.41. The molecule has 10 nitrogen and oxygen atoms in total. The standard InChI is InChI=1S/C16H17N5O5S/c1-9(22)11-6-13(14-18-15(17)19-26-14)20(7-11)16(23)27-8-10-2-4-12(5-3-10)21(24)25/h2-5,11,13H,6-8H2,1H3,(H2,17,19)/t11-,13-/m0/s1. The van der Waals surface area contributed by atoms with Gasteiger partial charge in [0, 0.05) is 30.3 Å². The highest BCUT2D eigenvalue weighted by atomic mass is 32.2. The van der Waals surface area contributed by atoms with Gasteiger partial charge in [0.25, 0.3) is 22.8 Å². The maximum atomic E-state index is 12.7. The molecule has 0 saturated carbocycles. The van der Waals surface area contributed by atoms with Crippen LogP contribution in [0.4, 0.5) is 16.4 Å². The number of hydrogen-bond acceptors (Lipinski definition) is 9. The number of hydrogen-bond donors (Lipinski definition) is 1.